The van der Waals surface area contributed by atoms with Crippen LogP contribution in [0.1, 0.15) is 39.2 Å². The Hall–Kier alpha value is -1.62. The Labute approximate surface area is 110 Å². The lowest BCUT2D eigenvalue weighted by Crippen LogP contribution is -2.10. The molecule has 0 saturated heterocycles. The van der Waals surface area contributed by atoms with Gasteiger partial charge in [0.25, 0.3) is 5.91 Å². The molecule has 0 atom stereocenters. The molecule has 0 spiro atoms. The van der Waals surface area contributed by atoms with Crippen molar-refractivity contribution in [3.8, 4) is 0 Å². The topological polar surface area (TPSA) is 55.1 Å². The molecule has 2 rings (SSSR count). The molecule has 0 radical (unpaired) electrons. The predicted octanol–water partition coefficient (Wildman–Crippen LogP) is 3.56. The summed E-state index contributed by atoms with van der Waals surface area (Å²) in [6.45, 7) is 5.97. The third-order valence-corrected chi connectivity index (χ3v) is 3.72. The van der Waals surface area contributed by atoms with Crippen LogP contribution < -0.4 is 5.32 Å². The molecule has 2 aromatic heterocycles. The Morgan fingerprint density at radius 3 is 2.83 bits per heavy atom. The summed E-state index contributed by atoms with van der Waals surface area (Å²) in [5.74, 6) is 1.01. The number of hydrogen-bond acceptors (Lipinski definition) is 4. The van der Waals surface area contributed by atoms with Crippen molar-refractivity contribution >= 4 is 23.1 Å². The minimum absolute atomic E-state index is 0.126. The molecule has 0 aliphatic carbocycles. The van der Waals surface area contributed by atoms with E-state index in [0.717, 1.165) is 17.7 Å². The van der Waals surface area contributed by atoms with Gasteiger partial charge in [-0.05, 0) is 31.9 Å². The third kappa shape index (κ3) is 2.79. The lowest BCUT2D eigenvalue weighted by atomic mass is 10.1. The minimum atomic E-state index is -0.126. The summed E-state index contributed by atoms with van der Waals surface area (Å²) in [5.41, 5.74) is 1.25. The first-order valence-corrected chi connectivity index (χ1v) is 6.75. The van der Waals surface area contributed by atoms with E-state index in [0.29, 0.717) is 11.6 Å². The highest BCUT2D eigenvalue weighted by molar-refractivity contribution is 7.14. The van der Waals surface area contributed by atoms with E-state index in [2.05, 4.69) is 17.4 Å². The highest BCUT2D eigenvalue weighted by Crippen LogP contribution is 2.23. The number of carbonyl (C=O) groups excluding carboxylic acids is 1. The highest BCUT2D eigenvalue weighted by Gasteiger charge is 2.13. The van der Waals surface area contributed by atoms with Gasteiger partial charge in [0.15, 0.2) is 5.82 Å². The van der Waals surface area contributed by atoms with Crippen LogP contribution in [0.15, 0.2) is 16.7 Å². The fourth-order valence-corrected chi connectivity index (χ4v) is 2.72. The van der Waals surface area contributed by atoms with Crippen molar-refractivity contribution in [1.29, 1.82) is 0 Å². The second-order valence-electron chi connectivity index (χ2n) is 4.22. The fourth-order valence-electron chi connectivity index (χ4n) is 1.75. The van der Waals surface area contributed by atoms with E-state index in [1.165, 1.54) is 21.8 Å². The number of anilines is 1. The maximum absolute atomic E-state index is 12.0. The zero-order chi connectivity index (χ0) is 13.1. The maximum atomic E-state index is 12.0. The molecule has 0 unspecified atom stereocenters. The van der Waals surface area contributed by atoms with Gasteiger partial charge in [-0.25, -0.2) is 0 Å². The largest absolute Gasteiger partial charge is 0.360 e. The lowest BCUT2D eigenvalue weighted by Gasteiger charge is -1.96. The smallest absolute Gasteiger partial charge is 0.266 e. The average molecular weight is 264 g/mol. The molecule has 0 aliphatic rings. The van der Waals surface area contributed by atoms with Gasteiger partial charge in [0.1, 0.15) is 5.76 Å². The molecule has 96 valence electrons. The summed E-state index contributed by atoms with van der Waals surface area (Å²) in [4.78, 5) is 13.9. The van der Waals surface area contributed by atoms with Crippen molar-refractivity contribution in [2.24, 2.45) is 0 Å². The van der Waals surface area contributed by atoms with Crippen molar-refractivity contribution in [3.63, 3.8) is 0 Å². The Morgan fingerprint density at radius 2 is 2.22 bits per heavy atom. The number of aromatic nitrogens is 1. The number of nitrogens with zero attached hydrogens (tertiary/aromatic N) is 1. The molecule has 2 aromatic rings. The van der Waals surface area contributed by atoms with Crippen molar-refractivity contribution < 1.29 is 9.32 Å². The molecule has 0 saturated carbocycles. The number of thiophene rings is 1. The standard InChI is InChI=1S/C13H16N2O2S/c1-4-5-10-7-11(18-9(10)3)13(16)14-12-6-8(2)17-15-12/h6-7H,4-5H2,1-3H3,(H,14,15,16). The van der Waals surface area contributed by atoms with Crippen molar-refractivity contribution in [2.75, 3.05) is 5.32 Å². The maximum Gasteiger partial charge on any atom is 0.266 e. The van der Waals surface area contributed by atoms with E-state index in [1.807, 2.05) is 13.0 Å². The van der Waals surface area contributed by atoms with Gasteiger partial charge in [-0.1, -0.05) is 18.5 Å². The van der Waals surface area contributed by atoms with Crippen molar-refractivity contribution in [1.82, 2.24) is 5.16 Å². The zero-order valence-corrected chi connectivity index (χ0v) is 11.6. The van der Waals surface area contributed by atoms with E-state index in [-0.39, 0.29) is 5.91 Å². The molecule has 0 bridgehead atoms. The van der Waals surface area contributed by atoms with E-state index in [4.69, 9.17) is 4.52 Å². The molecule has 4 nitrogen and oxygen atoms in total. The van der Waals surface area contributed by atoms with Crippen LogP contribution in [0.5, 0.6) is 0 Å². The summed E-state index contributed by atoms with van der Waals surface area (Å²) in [6.07, 6.45) is 2.10. The van der Waals surface area contributed by atoms with E-state index in [1.54, 1.807) is 13.0 Å². The molecule has 18 heavy (non-hydrogen) atoms. The minimum Gasteiger partial charge on any atom is -0.360 e. The van der Waals surface area contributed by atoms with Crippen LogP contribution in [-0.4, -0.2) is 11.1 Å². The van der Waals surface area contributed by atoms with Crippen molar-refractivity contribution in [2.45, 2.75) is 33.6 Å². The Bertz CT molecular complexity index is 557. The van der Waals surface area contributed by atoms with E-state index >= 15 is 0 Å². The first kappa shape index (κ1) is 12.8. The predicted molar refractivity (Wildman–Crippen MR) is 72.2 cm³/mol. The lowest BCUT2D eigenvalue weighted by molar-refractivity contribution is 0.102. The number of nitrogens with one attached hydrogen (secondary N) is 1. The normalized spacial score (nSPS) is 10.6. The van der Waals surface area contributed by atoms with Crippen molar-refractivity contribution in [3.05, 3.63) is 33.2 Å². The molecule has 1 N–H and O–H groups in total. The van der Waals surface area contributed by atoms with Crippen LogP contribution in [0.2, 0.25) is 0 Å². The summed E-state index contributed by atoms with van der Waals surface area (Å²) in [6, 6.07) is 3.66. The molecule has 0 aromatic carbocycles. The first-order chi connectivity index (χ1) is 8.60. The quantitative estimate of drug-likeness (QED) is 0.918. The van der Waals surface area contributed by atoms with Crippen LogP contribution in [0.4, 0.5) is 5.82 Å². The molecule has 0 fully saturated rings. The van der Waals surface area contributed by atoms with Crippen LogP contribution in [0.25, 0.3) is 0 Å². The zero-order valence-electron chi connectivity index (χ0n) is 10.7. The summed E-state index contributed by atoms with van der Waals surface area (Å²) < 4.78 is 4.91. The van der Waals surface area contributed by atoms with Gasteiger partial charge < -0.3 is 9.84 Å². The van der Waals surface area contributed by atoms with Gasteiger partial charge in [0, 0.05) is 10.9 Å². The molecular formula is C13H16N2O2S. The molecule has 2 heterocycles. The molecular weight excluding hydrogens is 248 g/mol. The number of rotatable bonds is 4. The Morgan fingerprint density at radius 1 is 1.44 bits per heavy atom. The average Bonchev–Trinajstić information content (AvgIpc) is 2.87. The van der Waals surface area contributed by atoms with Gasteiger partial charge in [-0.15, -0.1) is 11.3 Å². The van der Waals surface area contributed by atoms with Gasteiger partial charge >= 0.3 is 0 Å². The van der Waals surface area contributed by atoms with Crippen LogP contribution in [0.3, 0.4) is 0 Å². The third-order valence-electron chi connectivity index (χ3n) is 2.63. The van der Waals surface area contributed by atoms with E-state index in [9.17, 15) is 4.79 Å². The van der Waals surface area contributed by atoms with Gasteiger partial charge in [0.05, 0.1) is 4.88 Å². The highest BCUT2D eigenvalue weighted by atomic mass is 32.1. The molecule has 0 aliphatic heterocycles. The van der Waals surface area contributed by atoms with Gasteiger partial charge in [0.2, 0.25) is 0 Å². The number of aryl methyl sites for hydroxylation is 3. The second kappa shape index (κ2) is 5.35. The van der Waals surface area contributed by atoms with Crippen LogP contribution in [-0.2, 0) is 6.42 Å². The van der Waals surface area contributed by atoms with Crippen LogP contribution >= 0.6 is 11.3 Å². The second-order valence-corrected chi connectivity index (χ2v) is 5.48. The molecule has 1 amide bonds. The Kier molecular flexibility index (Phi) is 3.81. The van der Waals surface area contributed by atoms with Gasteiger partial charge in [-0.3, -0.25) is 4.79 Å². The summed E-state index contributed by atoms with van der Waals surface area (Å²) in [7, 11) is 0. The number of amides is 1. The Balaban J connectivity index is 2.11. The van der Waals surface area contributed by atoms with Crippen LogP contribution in [0, 0.1) is 13.8 Å². The number of carbonyl (C=O) groups is 1. The summed E-state index contributed by atoms with van der Waals surface area (Å²) >= 11 is 1.52. The molecule has 5 heteroatoms. The van der Waals surface area contributed by atoms with Gasteiger partial charge in [-0.2, -0.15) is 0 Å². The first-order valence-electron chi connectivity index (χ1n) is 5.94. The SMILES string of the molecule is CCCc1cc(C(=O)Nc2cc(C)on2)sc1C. The monoisotopic (exact) mass is 264 g/mol. The van der Waals surface area contributed by atoms with E-state index < -0.39 is 0 Å². The number of hydrogen-bond donors (Lipinski definition) is 1. The summed E-state index contributed by atoms with van der Waals surface area (Å²) in [5, 5.41) is 6.47. The fraction of sp³-hybridized carbons (Fsp3) is 0.385.